The van der Waals surface area contributed by atoms with Gasteiger partial charge in [0.1, 0.15) is 12.6 Å². The third-order valence-corrected chi connectivity index (χ3v) is 6.14. The van der Waals surface area contributed by atoms with Crippen molar-refractivity contribution in [2.45, 2.75) is 18.4 Å². The molecule has 0 fully saturated rings. The van der Waals surface area contributed by atoms with Crippen molar-refractivity contribution in [3.63, 3.8) is 0 Å². The number of nitrogens with one attached hydrogen (secondary N) is 1. The van der Waals surface area contributed by atoms with Crippen LogP contribution in [-0.4, -0.2) is 51.1 Å². The number of hydrogen-bond acceptors (Lipinski definition) is 6. The smallest absolute Gasteiger partial charge is 0.407 e. The van der Waals surface area contributed by atoms with E-state index in [1.807, 2.05) is 48.5 Å². The van der Waals surface area contributed by atoms with Gasteiger partial charge in [-0.2, -0.15) is 0 Å². The number of carbonyl (C=O) groups is 2. The number of benzene rings is 3. The van der Waals surface area contributed by atoms with Gasteiger partial charge in [0.15, 0.2) is 11.5 Å². The van der Waals surface area contributed by atoms with Gasteiger partial charge in [0.25, 0.3) is 0 Å². The predicted molar refractivity (Wildman–Crippen MR) is 129 cm³/mol. The van der Waals surface area contributed by atoms with Gasteiger partial charge in [0.05, 0.1) is 21.3 Å². The molecule has 1 aliphatic rings. The number of amides is 1. The molecule has 0 spiro atoms. The molecule has 0 aromatic heterocycles. The van der Waals surface area contributed by atoms with Gasteiger partial charge in [0, 0.05) is 17.9 Å². The van der Waals surface area contributed by atoms with E-state index < -0.39 is 18.1 Å². The first kappa shape index (κ1) is 23.9. The Morgan fingerprint density at radius 2 is 1.46 bits per heavy atom. The van der Waals surface area contributed by atoms with E-state index >= 15 is 0 Å². The largest absolute Gasteiger partial charge is 0.493 e. The van der Waals surface area contributed by atoms with Crippen LogP contribution < -0.4 is 19.5 Å². The van der Waals surface area contributed by atoms with Crippen molar-refractivity contribution in [2.24, 2.45) is 0 Å². The summed E-state index contributed by atoms with van der Waals surface area (Å²) in [6.45, 7) is 0.0892. The number of rotatable bonds is 9. The summed E-state index contributed by atoms with van der Waals surface area (Å²) in [7, 11) is 4.42. The number of fused-ring (bicyclic) bond motifs is 3. The number of methoxy groups -OCH3 is 3. The van der Waals surface area contributed by atoms with Crippen LogP contribution in [-0.2, 0) is 16.0 Å². The zero-order chi connectivity index (χ0) is 24.9. The lowest BCUT2D eigenvalue weighted by atomic mass is 9.98. The van der Waals surface area contributed by atoms with E-state index in [0.717, 1.165) is 22.3 Å². The normalized spacial score (nSPS) is 12.8. The van der Waals surface area contributed by atoms with E-state index in [9.17, 15) is 14.7 Å². The Balaban J connectivity index is 1.47. The van der Waals surface area contributed by atoms with Gasteiger partial charge in [0.2, 0.25) is 5.75 Å². The minimum atomic E-state index is -1.24. The molecule has 35 heavy (non-hydrogen) atoms. The molecule has 3 aromatic carbocycles. The lowest BCUT2D eigenvalue weighted by Crippen LogP contribution is -2.43. The minimum Gasteiger partial charge on any atom is -0.493 e. The minimum absolute atomic E-state index is 0.0386. The molecule has 8 heteroatoms. The second kappa shape index (κ2) is 10.4. The molecular formula is C27H27NO7. The van der Waals surface area contributed by atoms with Gasteiger partial charge in [-0.3, -0.25) is 0 Å². The molecule has 1 unspecified atom stereocenters. The number of aliphatic carboxylic acids is 1. The summed E-state index contributed by atoms with van der Waals surface area (Å²) < 4.78 is 21.6. The summed E-state index contributed by atoms with van der Waals surface area (Å²) in [4.78, 5) is 24.6. The van der Waals surface area contributed by atoms with E-state index in [0.29, 0.717) is 22.8 Å². The van der Waals surface area contributed by atoms with Crippen LogP contribution in [0.4, 0.5) is 4.79 Å². The fraction of sp³-hybridized carbons (Fsp3) is 0.259. The van der Waals surface area contributed by atoms with Gasteiger partial charge in [-0.1, -0.05) is 54.6 Å². The highest BCUT2D eigenvalue weighted by molar-refractivity contribution is 5.81. The van der Waals surface area contributed by atoms with Crippen LogP contribution in [0.15, 0.2) is 60.7 Å². The molecule has 0 aliphatic heterocycles. The average molecular weight is 478 g/mol. The van der Waals surface area contributed by atoms with Crippen LogP contribution in [0.5, 0.6) is 17.2 Å². The van der Waals surface area contributed by atoms with Crippen molar-refractivity contribution in [1.82, 2.24) is 5.32 Å². The van der Waals surface area contributed by atoms with Crippen LogP contribution in [0.3, 0.4) is 0 Å². The fourth-order valence-corrected chi connectivity index (χ4v) is 4.53. The Kier molecular flexibility index (Phi) is 7.10. The van der Waals surface area contributed by atoms with Crippen LogP contribution >= 0.6 is 0 Å². The summed E-state index contributed by atoms with van der Waals surface area (Å²) in [6, 6.07) is 18.1. The van der Waals surface area contributed by atoms with Crippen molar-refractivity contribution in [3.8, 4) is 28.4 Å². The number of hydrogen-bond donors (Lipinski definition) is 2. The third-order valence-electron chi connectivity index (χ3n) is 6.14. The van der Waals surface area contributed by atoms with Crippen molar-refractivity contribution < 1.29 is 33.6 Å². The van der Waals surface area contributed by atoms with Gasteiger partial charge in [-0.05, 0) is 28.3 Å². The topological polar surface area (TPSA) is 103 Å². The SMILES string of the molecule is COc1ccc(CC(NC(=O)OCC2c3ccccc3-c3ccccc32)C(=O)O)c(OC)c1OC. The first-order chi connectivity index (χ1) is 17.0. The average Bonchev–Trinajstić information content (AvgIpc) is 3.20. The van der Waals surface area contributed by atoms with Crippen LogP contribution in [0, 0.1) is 0 Å². The third kappa shape index (κ3) is 4.73. The molecular weight excluding hydrogens is 450 g/mol. The van der Waals surface area contributed by atoms with Gasteiger partial charge in [-0.25, -0.2) is 9.59 Å². The monoisotopic (exact) mass is 477 g/mol. The molecule has 1 atom stereocenters. The maximum Gasteiger partial charge on any atom is 0.407 e. The molecule has 3 aromatic rings. The highest BCUT2D eigenvalue weighted by atomic mass is 16.5. The second-order valence-electron chi connectivity index (χ2n) is 8.06. The summed E-state index contributed by atoms with van der Waals surface area (Å²) in [5.74, 6) is -0.188. The Morgan fingerprint density at radius 3 is 2.00 bits per heavy atom. The summed E-state index contributed by atoms with van der Waals surface area (Å²) in [6.07, 6.45) is -0.845. The fourth-order valence-electron chi connectivity index (χ4n) is 4.53. The first-order valence-corrected chi connectivity index (χ1v) is 11.1. The number of carbonyl (C=O) groups excluding carboxylic acids is 1. The number of alkyl carbamates (subject to hydrolysis) is 1. The number of ether oxygens (including phenoxy) is 4. The van der Waals surface area contributed by atoms with Crippen molar-refractivity contribution >= 4 is 12.1 Å². The van der Waals surface area contributed by atoms with E-state index in [-0.39, 0.29) is 18.9 Å². The standard InChI is InChI=1S/C27H27NO7/c1-32-23-13-12-16(24(33-2)25(23)34-3)14-22(26(29)30)28-27(31)35-15-21-19-10-6-4-8-17(19)18-9-5-7-11-20(18)21/h4-13,21-22H,14-15H2,1-3H3,(H,28,31)(H,29,30). The van der Waals surface area contributed by atoms with Gasteiger partial charge in [-0.15, -0.1) is 0 Å². The number of carboxylic acid groups (broad SMARTS) is 1. The first-order valence-electron chi connectivity index (χ1n) is 11.1. The highest BCUT2D eigenvalue weighted by Gasteiger charge is 2.30. The van der Waals surface area contributed by atoms with E-state index in [1.54, 1.807) is 12.1 Å². The van der Waals surface area contributed by atoms with Crippen molar-refractivity contribution in [2.75, 3.05) is 27.9 Å². The molecule has 8 nitrogen and oxygen atoms in total. The molecule has 1 amide bonds. The maximum absolute atomic E-state index is 12.6. The number of carboxylic acids is 1. The van der Waals surface area contributed by atoms with E-state index in [2.05, 4.69) is 5.32 Å². The van der Waals surface area contributed by atoms with Crippen LogP contribution in [0.2, 0.25) is 0 Å². The summed E-state index contributed by atoms with van der Waals surface area (Å²) in [5, 5.41) is 12.2. The summed E-state index contributed by atoms with van der Waals surface area (Å²) in [5.41, 5.74) is 4.91. The Bertz CT molecular complexity index is 1190. The molecule has 4 rings (SSSR count). The zero-order valence-electron chi connectivity index (χ0n) is 19.7. The Hall–Kier alpha value is -4.20. The van der Waals surface area contributed by atoms with E-state index in [4.69, 9.17) is 18.9 Å². The summed E-state index contributed by atoms with van der Waals surface area (Å²) >= 11 is 0. The van der Waals surface area contributed by atoms with Crippen LogP contribution in [0.25, 0.3) is 11.1 Å². The molecule has 0 heterocycles. The molecule has 0 bridgehead atoms. The predicted octanol–water partition coefficient (Wildman–Crippen LogP) is 4.25. The second-order valence-corrected chi connectivity index (χ2v) is 8.06. The van der Waals surface area contributed by atoms with E-state index in [1.165, 1.54) is 21.3 Å². The van der Waals surface area contributed by atoms with Gasteiger partial charge < -0.3 is 29.4 Å². The molecule has 0 saturated carbocycles. The van der Waals surface area contributed by atoms with Crippen molar-refractivity contribution in [3.05, 3.63) is 77.4 Å². The highest BCUT2D eigenvalue weighted by Crippen LogP contribution is 2.44. The quantitative estimate of drug-likeness (QED) is 0.475. The van der Waals surface area contributed by atoms with Crippen molar-refractivity contribution in [1.29, 1.82) is 0 Å². The lowest BCUT2D eigenvalue weighted by Gasteiger charge is -2.20. The van der Waals surface area contributed by atoms with Gasteiger partial charge >= 0.3 is 12.1 Å². The Labute approximate surface area is 203 Å². The molecule has 1 aliphatic carbocycles. The Morgan fingerprint density at radius 1 is 0.857 bits per heavy atom. The molecule has 0 saturated heterocycles. The lowest BCUT2D eigenvalue weighted by molar-refractivity contribution is -0.139. The zero-order valence-corrected chi connectivity index (χ0v) is 19.7. The molecule has 182 valence electrons. The van der Waals surface area contributed by atoms with Crippen LogP contribution in [0.1, 0.15) is 22.6 Å². The molecule has 2 N–H and O–H groups in total. The molecule has 0 radical (unpaired) electrons. The maximum atomic E-state index is 12.6.